The van der Waals surface area contributed by atoms with Gasteiger partial charge in [0.15, 0.2) is 23.3 Å². The number of carbonyl (C=O) groups is 3. The topological polar surface area (TPSA) is 87.7 Å². The molecule has 0 unspecified atom stereocenters. The first-order valence-corrected chi connectivity index (χ1v) is 11.2. The minimum atomic E-state index is -2.30. The van der Waals surface area contributed by atoms with Crippen molar-refractivity contribution < 1.29 is 41.1 Å². The molecule has 0 aliphatic carbocycles. The van der Waals surface area contributed by atoms with E-state index in [2.05, 4.69) is 10.6 Å². The van der Waals surface area contributed by atoms with E-state index >= 15 is 0 Å². The van der Waals surface area contributed by atoms with Crippen LogP contribution in [0.5, 0.6) is 0 Å². The van der Waals surface area contributed by atoms with Crippen LogP contribution in [0.4, 0.5) is 26.7 Å². The fraction of sp³-hybridized carbons (Fsp3) is 0.625. The summed E-state index contributed by atoms with van der Waals surface area (Å²) in [6.07, 6.45) is -1.73. The molecule has 7 nitrogen and oxygen atoms in total. The maximum absolute atomic E-state index is 14.2. The van der Waals surface area contributed by atoms with Crippen molar-refractivity contribution in [3.8, 4) is 0 Å². The second kappa shape index (κ2) is 11.0. The molecular formula is C24H34F5N3O4. The van der Waals surface area contributed by atoms with Gasteiger partial charge in [0.1, 0.15) is 17.2 Å². The second-order valence-electron chi connectivity index (χ2n) is 10.9. The van der Waals surface area contributed by atoms with Gasteiger partial charge in [-0.3, -0.25) is 9.59 Å². The van der Waals surface area contributed by atoms with E-state index in [0.717, 1.165) is 4.90 Å². The number of benzene rings is 1. The Morgan fingerprint density at radius 3 is 1.69 bits per heavy atom. The molecule has 0 fully saturated rings. The van der Waals surface area contributed by atoms with Crippen molar-refractivity contribution in [3.05, 3.63) is 34.6 Å². The third kappa shape index (κ3) is 7.79. The average Bonchev–Trinajstić information content (AvgIpc) is 2.70. The summed E-state index contributed by atoms with van der Waals surface area (Å²) in [5.74, 6) is -12.1. The first-order chi connectivity index (χ1) is 16.1. The second-order valence-corrected chi connectivity index (χ2v) is 10.9. The maximum Gasteiger partial charge on any atom is 0.408 e. The highest BCUT2D eigenvalue weighted by atomic mass is 19.2. The van der Waals surface area contributed by atoms with Gasteiger partial charge in [0, 0.05) is 17.6 Å². The maximum atomic E-state index is 14.2. The Morgan fingerprint density at radius 1 is 0.833 bits per heavy atom. The van der Waals surface area contributed by atoms with Crippen LogP contribution >= 0.6 is 0 Å². The molecule has 204 valence electrons. The number of hydrogen-bond acceptors (Lipinski definition) is 4. The Morgan fingerprint density at radius 2 is 1.28 bits per heavy atom. The van der Waals surface area contributed by atoms with Crippen LogP contribution in [0, 0.1) is 29.1 Å². The minimum Gasteiger partial charge on any atom is -0.444 e. The molecular weight excluding hydrogens is 489 g/mol. The molecule has 0 aliphatic rings. The van der Waals surface area contributed by atoms with Gasteiger partial charge in [0.25, 0.3) is 0 Å². The molecule has 3 amide bonds. The van der Waals surface area contributed by atoms with Crippen LogP contribution in [0.25, 0.3) is 0 Å². The zero-order valence-electron chi connectivity index (χ0n) is 22.0. The van der Waals surface area contributed by atoms with Gasteiger partial charge < -0.3 is 20.3 Å². The van der Waals surface area contributed by atoms with Crippen LogP contribution in [0.1, 0.15) is 67.9 Å². The lowest BCUT2D eigenvalue weighted by molar-refractivity contribution is -0.147. The number of halogens is 5. The monoisotopic (exact) mass is 523 g/mol. The van der Waals surface area contributed by atoms with Crippen molar-refractivity contribution in [2.45, 2.75) is 91.5 Å². The van der Waals surface area contributed by atoms with E-state index in [1.165, 1.54) is 20.8 Å². The lowest BCUT2D eigenvalue weighted by atomic mass is 9.96. The quantitative estimate of drug-likeness (QED) is 0.316. The van der Waals surface area contributed by atoms with Crippen molar-refractivity contribution in [3.63, 3.8) is 0 Å². The van der Waals surface area contributed by atoms with Crippen LogP contribution in [0.15, 0.2) is 0 Å². The van der Waals surface area contributed by atoms with Gasteiger partial charge in [-0.15, -0.1) is 0 Å². The first-order valence-electron chi connectivity index (χ1n) is 11.2. The highest BCUT2D eigenvalue weighted by Crippen LogP contribution is 2.25. The summed E-state index contributed by atoms with van der Waals surface area (Å²) in [6, 6.07) is -1.27. The molecule has 0 saturated carbocycles. The van der Waals surface area contributed by atoms with Crippen molar-refractivity contribution in [2.24, 2.45) is 0 Å². The van der Waals surface area contributed by atoms with Gasteiger partial charge in [-0.2, -0.15) is 0 Å². The van der Waals surface area contributed by atoms with Crippen molar-refractivity contribution in [1.82, 2.24) is 15.5 Å². The molecule has 36 heavy (non-hydrogen) atoms. The van der Waals surface area contributed by atoms with Gasteiger partial charge in [-0.1, -0.05) is 0 Å². The first kappa shape index (κ1) is 31.1. The summed E-state index contributed by atoms with van der Waals surface area (Å²) in [5, 5.41) is 5.01. The van der Waals surface area contributed by atoms with Gasteiger partial charge in [0.05, 0.1) is 0 Å². The fourth-order valence-electron chi connectivity index (χ4n) is 3.15. The summed E-state index contributed by atoms with van der Waals surface area (Å²) in [4.78, 5) is 39.4. The fourth-order valence-corrected chi connectivity index (χ4v) is 3.15. The number of nitrogens with one attached hydrogen (secondary N) is 2. The molecule has 1 rings (SSSR count). The Labute approximate surface area is 207 Å². The van der Waals surface area contributed by atoms with Gasteiger partial charge in [-0.05, 0) is 68.7 Å². The highest BCUT2D eigenvalue weighted by Gasteiger charge is 2.41. The molecule has 0 radical (unpaired) electrons. The van der Waals surface area contributed by atoms with Crippen molar-refractivity contribution >= 4 is 17.9 Å². The highest BCUT2D eigenvalue weighted by molar-refractivity contribution is 5.93. The SMILES string of the molecule is C[C@H](NC(=O)OC(C)(C)C)C(=O)N(CCc1c(F)c(F)c(F)c(F)c1F)C(C)(C)C(=O)NC(C)(C)C. The van der Waals surface area contributed by atoms with Crippen molar-refractivity contribution in [1.29, 1.82) is 0 Å². The van der Waals surface area contributed by atoms with Crippen molar-refractivity contribution in [2.75, 3.05) is 6.54 Å². The van der Waals surface area contributed by atoms with E-state index < -0.39 is 88.2 Å². The smallest absolute Gasteiger partial charge is 0.408 e. The standard InChI is InChI=1S/C24H34F5N3O4/c1-12(30-21(35)36-23(5,6)7)19(33)32(24(8,9)20(34)31-22(2,3)4)11-10-13-14(25)16(27)18(29)17(28)15(13)26/h12H,10-11H2,1-9H3,(H,30,35)(H,31,34)/t12-/m0/s1. The number of hydrogen-bond donors (Lipinski definition) is 2. The van der Waals surface area contributed by atoms with E-state index in [0.29, 0.717) is 0 Å². The van der Waals surface area contributed by atoms with Crippen LogP contribution in [-0.4, -0.2) is 52.1 Å². The van der Waals surface area contributed by atoms with E-state index in [1.807, 2.05) is 0 Å². The number of alkyl carbamates (subject to hydrolysis) is 1. The zero-order chi connectivity index (χ0) is 28.4. The van der Waals surface area contributed by atoms with Gasteiger partial charge in [0.2, 0.25) is 17.6 Å². The summed E-state index contributed by atoms with van der Waals surface area (Å²) >= 11 is 0. The summed E-state index contributed by atoms with van der Waals surface area (Å²) < 4.78 is 74.4. The molecule has 2 N–H and O–H groups in total. The molecule has 0 aliphatic heterocycles. The predicted molar refractivity (Wildman–Crippen MR) is 122 cm³/mol. The molecule has 0 heterocycles. The average molecular weight is 524 g/mol. The third-order valence-corrected chi connectivity index (χ3v) is 4.97. The summed E-state index contributed by atoms with van der Waals surface area (Å²) in [7, 11) is 0. The lowest BCUT2D eigenvalue weighted by Gasteiger charge is -2.40. The molecule has 0 bridgehead atoms. The van der Waals surface area contributed by atoms with Crippen LogP contribution in [0.2, 0.25) is 0 Å². The molecule has 1 aromatic carbocycles. The minimum absolute atomic E-state index is 0.609. The zero-order valence-corrected chi connectivity index (χ0v) is 22.0. The third-order valence-electron chi connectivity index (χ3n) is 4.97. The molecule has 0 aromatic heterocycles. The Hall–Kier alpha value is -2.92. The summed E-state index contributed by atoms with van der Waals surface area (Å²) in [5.41, 5.74) is -4.38. The van der Waals surface area contributed by atoms with E-state index in [9.17, 15) is 36.3 Å². The van der Waals surface area contributed by atoms with E-state index in [1.54, 1.807) is 41.5 Å². The van der Waals surface area contributed by atoms with E-state index in [4.69, 9.17) is 4.74 Å². The van der Waals surface area contributed by atoms with Gasteiger partial charge in [-0.25, -0.2) is 26.7 Å². The number of ether oxygens (including phenoxy) is 1. The Bertz CT molecular complexity index is 987. The largest absolute Gasteiger partial charge is 0.444 e. The van der Waals surface area contributed by atoms with Crippen LogP contribution in [0.3, 0.4) is 0 Å². The van der Waals surface area contributed by atoms with Crippen LogP contribution < -0.4 is 10.6 Å². The molecule has 12 heteroatoms. The number of amides is 3. The molecule has 0 spiro atoms. The summed E-state index contributed by atoms with van der Waals surface area (Å²) in [6.45, 7) is 13.3. The molecule has 0 saturated heterocycles. The number of rotatable bonds is 7. The van der Waals surface area contributed by atoms with Crippen LogP contribution in [-0.2, 0) is 20.7 Å². The van der Waals surface area contributed by atoms with Gasteiger partial charge >= 0.3 is 6.09 Å². The number of carbonyl (C=O) groups excluding carboxylic acids is 3. The number of nitrogens with zero attached hydrogens (tertiary/aromatic N) is 1. The predicted octanol–water partition coefficient (Wildman–Crippen LogP) is 4.36. The van der Waals surface area contributed by atoms with E-state index in [-0.39, 0.29) is 0 Å². The Kier molecular flexibility index (Phi) is 9.50. The molecule has 1 atom stereocenters. The molecule has 1 aromatic rings. The lowest BCUT2D eigenvalue weighted by Crippen LogP contribution is -2.63. The Balaban J connectivity index is 3.37. The normalized spacial score (nSPS) is 13.2.